The molecule has 2 rings (SSSR count). The highest BCUT2D eigenvalue weighted by Gasteiger charge is 2.44. The first-order valence-corrected chi connectivity index (χ1v) is 4.93. The lowest BCUT2D eigenvalue weighted by Crippen LogP contribution is -2.20. The van der Waals surface area contributed by atoms with Crippen LogP contribution in [0.5, 0.6) is 11.5 Å². The number of rotatable bonds is 3. The van der Waals surface area contributed by atoms with E-state index in [1.807, 2.05) is 0 Å². The molecule has 0 heterocycles. The van der Waals surface area contributed by atoms with Crippen LogP contribution in [-0.4, -0.2) is 14.2 Å². The number of halogens is 2. The molecule has 1 aliphatic rings. The lowest BCUT2D eigenvalue weighted by Gasteiger charge is -2.17. The van der Waals surface area contributed by atoms with E-state index in [0.717, 1.165) is 18.9 Å². The summed E-state index contributed by atoms with van der Waals surface area (Å²) in [5.74, 6) is -2.06. The Kier molecular flexibility index (Phi) is 2.50. The van der Waals surface area contributed by atoms with E-state index in [-0.39, 0.29) is 11.5 Å². The quantitative estimate of drug-likeness (QED) is 0.861. The van der Waals surface area contributed by atoms with Crippen molar-refractivity contribution in [1.29, 1.82) is 0 Å². The molecule has 0 bridgehead atoms. The van der Waals surface area contributed by atoms with Crippen molar-refractivity contribution < 1.29 is 18.3 Å². The predicted octanol–water partition coefficient (Wildman–Crippen LogP) is 1.93. The van der Waals surface area contributed by atoms with E-state index >= 15 is 0 Å². The Balaban J connectivity index is 2.64. The van der Waals surface area contributed by atoms with Crippen molar-refractivity contribution in [2.24, 2.45) is 5.73 Å². The lowest BCUT2D eigenvalue weighted by atomic mass is 10.0. The molecule has 3 nitrogen and oxygen atoms in total. The van der Waals surface area contributed by atoms with Gasteiger partial charge in [-0.1, -0.05) is 0 Å². The van der Waals surface area contributed by atoms with E-state index < -0.39 is 17.2 Å². The van der Waals surface area contributed by atoms with Crippen LogP contribution in [0.4, 0.5) is 8.78 Å². The van der Waals surface area contributed by atoms with Crippen molar-refractivity contribution in [3.8, 4) is 11.5 Å². The summed E-state index contributed by atoms with van der Waals surface area (Å²) in [6, 6.07) is 1.09. The highest BCUT2D eigenvalue weighted by molar-refractivity contribution is 5.52. The molecule has 0 spiro atoms. The van der Waals surface area contributed by atoms with Gasteiger partial charge >= 0.3 is 0 Å². The van der Waals surface area contributed by atoms with Crippen LogP contribution in [0, 0.1) is 11.6 Å². The fourth-order valence-corrected chi connectivity index (χ4v) is 1.74. The zero-order valence-electron chi connectivity index (χ0n) is 9.14. The van der Waals surface area contributed by atoms with Crippen LogP contribution in [0.25, 0.3) is 0 Å². The van der Waals surface area contributed by atoms with Crippen molar-refractivity contribution in [3.05, 3.63) is 23.3 Å². The first-order chi connectivity index (χ1) is 7.53. The van der Waals surface area contributed by atoms with Gasteiger partial charge in [0.1, 0.15) is 0 Å². The summed E-state index contributed by atoms with van der Waals surface area (Å²) in [6.07, 6.45) is 1.47. The van der Waals surface area contributed by atoms with Gasteiger partial charge in [-0.2, -0.15) is 4.39 Å². The summed E-state index contributed by atoms with van der Waals surface area (Å²) < 4.78 is 36.6. The van der Waals surface area contributed by atoms with Crippen LogP contribution < -0.4 is 15.2 Å². The molecule has 0 radical (unpaired) electrons. The van der Waals surface area contributed by atoms with Gasteiger partial charge in [0.05, 0.1) is 14.2 Å². The Bertz CT molecular complexity index is 430. The Labute approximate surface area is 92.1 Å². The Hall–Kier alpha value is -1.36. The van der Waals surface area contributed by atoms with E-state index in [4.69, 9.17) is 15.2 Å². The number of hydrogen-bond acceptors (Lipinski definition) is 3. The van der Waals surface area contributed by atoms with Gasteiger partial charge in [-0.25, -0.2) is 4.39 Å². The van der Waals surface area contributed by atoms with Gasteiger partial charge in [0.15, 0.2) is 17.3 Å². The minimum absolute atomic E-state index is 0.182. The van der Waals surface area contributed by atoms with Crippen LogP contribution in [0.3, 0.4) is 0 Å². The van der Waals surface area contributed by atoms with Crippen LogP contribution in [0.2, 0.25) is 0 Å². The third kappa shape index (κ3) is 1.51. The molecule has 0 saturated heterocycles. The zero-order chi connectivity index (χ0) is 11.9. The molecular formula is C11H13F2NO2. The van der Waals surface area contributed by atoms with Gasteiger partial charge in [0.2, 0.25) is 5.82 Å². The third-order valence-corrected chi connectivity index (χ3v) is 2.86. The smallest absolute Gasteiger partial charge is 0.204 e. The van der Waals surface area contributed by atoms with E-state index in [2.05, 4.69) is 0 Å². The maximum atomic E-state index is 13.4. The highest BCUT2D eigenvalue weighted by atomic mass is 19.2. The molecule has 16 heavy (non-hydrogen) atoms. The average molecular weight is 229 g/mol. The fraction of sp³-hybridized carbons (Fsp3) is 0.455. The van der Waals surface area contributed by atoms with Crippen molar-refractivity contribution in [2.75, 3.05) is 14.2 Å². The first-order valence-electron chi connectivity index (χ1n) is 4.93. The topological polar surface area (TPSA) is 44.5 Å². The second-order valence-electron chi connectivity index (χ2n) is 3.94. The summed E-state index contributed by atoms with van der Waals surface area (Å²) in [6.45, 7) is 0. The summed E-state index contributed by atoms with van der Waals surface area (Å²) in [5, 5.41) is 0. The molecule has 1 aliphatic carbocycles. The molecule has 2 N–H and O–H groups in total. The number of hydrogen-bond donors (Lipinski definition) is 1. The Morgan fingerprint density at radius 3 is 2.19 bits per heavy atom. The van der Waals surface area contributed by atoms with E-state index in [9.17, 15) is 8.78 Å². The molecule has 1 aromatic carbocycles. The minimum atomic E-state index is -1.05. The minimum Gasteiger partial charge on any atom is -0.492 e. The molecule has 1 fully saturated rings. The van der Waals surface area contributed by atoms with Crippen molar-refractivity contribution in [2.45, 2.75) is 18.4 Å². The third-order valence-electron chi connectivity index (χ3n) is 2.86. The number of methoxy groups -OCH3 is 2. The molecule has 0 aliphatic heterocycles. The summed E-state index contributed by atoms with van der Waals surface area (Å²) in [5.41, 5.74) is 5.82. The molecule has 1 saturated carbocycles. The highest BCUT2D eigenvalue weighted by Crippen LogP contribution is 2.50. The van der Waals surface area contributed by atoms with Gasteiger partial charge in [0.25, 0.3) is 0 Å². The summed E-state index contributed by atoms with van der Waals surface area (Å²) in [4.78, 5) is 0. The maximum Gasteiger partial charge on any atom is 0.204 e. The number of ether oxygens (including phenoxy) is 2. The van der Waals surface area contributed by atoms with E-state index in [0.29, 0.717) is 5.56 Å². The molecule has 88 valence electrons. The molecule has 5 heteroatoms. The van der Waals surface area contributed by atoms with Crippen LogP contribution >= 0.6 is 0 Å². The van der Waals surface area contributed by atoms with E-state index in [1.165, 1.54) is 14.2 Å². The summed E-state index contributed by atoms with van der Waals surface area (Å²) >= 11 is 0. The predicted molar refractivity (Wildman–Crippen MR) is 54.6 cm³/mol. The Morgan fingerprint density at radius 2 is 1.75 bits per heavy atom. The van der Waals surface area contributed by atoms with Crippen molar-refractivity contribution in [1.82, 2.24) is 0 Å². The molecule has 0 atom stereocenters. The second-order valence-corrected chi connectivity index (χ2v) is 3.94. The monoisotopic (exact) mass is 229 g/mol. The second kappa shape index (κ2) is 3.59. The number of nitrogens with two attached hydrogens (primary N) is 1. The van der Waals surface area contributed by atoms with Gasteiger partial charge < -0.3 is 15.2 Å². The fourth-order valence-electron chi connectivity index (χ4n) is 1.74. The number of benzene rings is 1. The van der Waals surface area contributed by atoms with E-state index in [1.54, 1.807) is 0 Å². The SMILES string of the molecule is COc1c(C2(N)CC2)cc(F)c(F)c1OC. The average Bonchev–Trinajstić information content (AvgIpc) is 3.00. The van der Waals surface area contributed by atoms with Gasteiger partial charge in [-0.05, 0) is 18.9 Å². The molecule has 0 amide bonds. The van der Waals surface area contributed by atoms with Crippen LogP contribution in [0.15, 0.2) is 6.07 Å². The normalized spacial score (nSPS) is 17.1. The van der Waals surface area contributed by atoms with Crippen molar-refractivity contribution >= 4 is 0 Å². The molecule has 0 unspecified atom stereocenters. The largest absolute Gasteiger partial charge is 0.492 e. The van der Waals surface area contributed by atoms with Crippen molar-refractivity contribution in [3.63, 3.8) is 0 Å². The Morgan fingerprint density at radius 1 is 1.19 bits per heavy atom. The zero-order valence-corrected chi connectivity index (χ0v) is 9.14. The van der Waals surface area contributed by atoms with Crippen LogP contribution in [-0.2, 0) is 5.54 Å². The summed E-state index contributed by atoms with van der Waals surface area (Å²) in [7, 11) is 2.64. The maximum absolute atomic E-state index is 13.4. The molecule has 1 aromatic rings. The van der Waals surface area contributed by atoms with Gasteiger partial charge in [-0.3, -0.25) is 0 Å². The van der Waals surface area contributed by atoms with Crippen LogP contribution in [0.1, 0.15) is 18.4 Å². The standard InChI is InChI=1S/C11H13F2NO2/c1-15-9-6(11(14)3-4-11)5-7(12)8(13)10(9)16-2/h5H,3-4,14H2,1-2H3. The first kappa shape index (κ1) is 11.1. The molecular weight excluding hydrogens is 216 g/mol. The lowest BCUT2D eigenvalue weighted by molar-refractivity contribution is 0.322. The van der Waals surface area contributed by atoms with Gasteiger partial charge in [-0.15, -0.1) is 0 Å². The molecule has 0 aromatic heterocycles. The van der Waals surface area contributed by atoms with Gasteiger partial charge in [0, 0.05) is 11.1 Å².